The number of ether oxygens (including phenoxy) is 1. The molecule has 0 radical (unpaired) electrons. The average Bonchev–Trinajstić information content (AvgIpc) is 2.44. The Morgan fingerprint density at radius 2 is 2.11 bits per heavy atom. The molecule has 0 bridgehead atoms. The third-order valence-electron chi connectivity index (χ3n) is 1.89. The number of carbonyl (C=O) groups is 1. The molecular weight excluding hydrogens is 116 g/mol. The number of hydrogen-bond acceptors (Lipinski definition) is 2. The summed E-state index contributed by atoms with van der Waals surface area (Å²) in [5.41, 5.74) is 0. The highest BCUT2D eigenvalue weighted by molar-refractivity contribution is 5.78. The van der Waals surface area contributed by atoms with Crippen LogP contribution in [0.25, 0.3) is 0 Å². The number of hydrogen-bond donors (Lipinski definition) is 0. The molecule has 1 heterocycles. The van der Waals surface area contributed by atoms with Crippen molar-refractivity contribution < 1.29 is 9.53 Å². The number of ketones is 1. The number of epoxide rings is 1. The summed E-state index contributed by atoms with van der Waals surface area (Å²) in [7, 11) is 0. The standard InChI is InChI=1S/C7H12O2/c1-4(5(2)8)7-6(3)9-7/h4,6-7H,1-3H3. The average molecular weight is 128 g/mol. The molecule has 3 unspecified atom stereocenters. The Balaban J connectivity index is 2.36. The Morgan fingerprint density at radius 3 is 2.22 bits per heavy atom. The fourth-order valence-electron chi connectivity index (χ4n) is 0.958. The van der Waals surface area contributed by atoms with Crippen molar-refractivity contribution in [2.75, 3.05) is 0 Å². The lowest BCUT2D eigenvalue weighted by atomic mass is 10.0. The smallest absolute Gasteiger partial charge is 0.135 e. The predicted octanol–water partition coefficient (Wildman–Crippen LogP) is 0.999. The monoisotopic (exact) mass is 128 g/mol. The van der Waals surface area contributed by atoms with Gasteiger partial charge in [-0.25, -0.2) is 0 Å². The van der Waals surface area contributed by atoms with Crippen molar-refractivity contribution >= 4 is 5.78 Å². The van der Waals surface area contributed by atoms with Crippen LogP contribution in [0.2, 0.25) is 0 Å². The maximum atomic E-state index is 10.7. The zero-order valence-corrected chi connectivity index (χ0v) is 6.05. The zero-order valence-electron chi connectivity index (χ0n) is 6.05. The van der Waals surface area contributed by atoms with Gasteiger partial charge in [0.05, 0.1) is 12.2 Å². The maximum Gasteiger partial charge on any atom is 0.135 e. The number of Topliss-reactive ketones (excluding diaryl/α,β-unsaturated/α-hetero) is 1. The molecule has 0 aromatic heterocycles. The third kappa shape index (κ3) is 1.30. The van der Waals surface area contributed by atoms with E-state index in [1.807, 2.05) is 13.8 Å². The summed E-state index contributed by atoms with van der Waals surface area (Å²) >= 11 is 0. The molecule has 3 atom stereocenters. The van der Waals surface area contributed by atoms with Crippen LogP contribution < -0.4 is 0 Å². The van der Waals surface area contributed by atoms with Crippen LogP contribution in [0.1, 0.15) is 20.8 Å². The van der Waals surface area contributed by atoms with Crippen molar-refractivity contribution in [2.24, 2.45) is 5.92 Å². The van der Waals surface area contributed by atoms with Crippen LogP contribution in [-0.4, -0.2) is 18.0 Å². The third-order valence-corrected chi connectivity index (χ3v) is 1.89. The quantitative estimate of drug-likeness (QED) is 0.519. The summed E-state index contributed by atoms with van der Waals surface area (Å²) in [6, 6.07) is 0. The van der Waals surface area contributed by atoms with E-state index >= 15 is 0 Å². The molecule has 0 spiro atoms. The van der Waals surface area contributed by atoms with Gasteiger partial charge in [0.2, 0.25) is 0 Å². The minimum Gasteiger partial charge on any atom is -0.369 e. The molecule has 1 aliphatic heterocycles. The molecule has 0 aromatic carbocycles. The van der Waals surface area contributed by atoms with Gasteiger partial charge < -0.3 is 4.74 Å². The van der Waals surface area contributed by atoms with Gasteiger partial charge in [-0.2, -0.15) is 0 Å². The molecule has 1 saturated heterocycles. The topological polar surface area (TPSA) is 29.6 Å². The van der Waals surface area contributed by atoms with Gasteiger partial charge >= 0.3 is 0 Å². The fraction of sp³-hybridized carbons (Fsp3) is 0.857. The summed E-state index contributed by atoms with van der Waals surface area (Å²) in [6.45, 7) is 5.51. The van der Waals surface area contributed by atoms with Gasteiger partial charge in [0.25, 0.3) is 0 Å². The first kappa shape index (κ1) is 6.75. The Morgan fingerprint density at radius 1 is 1.67 bits per heavy atom. The van der Waals surface area contributed by atoms with Crippen molar-refractivity contribution in [1.29, 1.82) is 0 Å². The van der Waals surface area contributed by atoms with Crippen LogP contribution in [0.3, 0.4) is 0 Å². The largest absolute Gasteiger partial charge is 0.369 e. The number of rotatable bonds is 2. The van der Waals surface area contributed by atoms with Gasteiger partial charge in [-0.3, -0.25) is 4.79 Å². The van der Waals surface area contributed by atoms with Gasteiger partial charge in [-0.1, -0.05) is 6.92 Å². The first-order valence-corrected chi connectivity index (χ1v) is 3.29. The second-order valence-corrected chi connectivity index (χ2v) is 2.71. The van der Waals surface area contributed by atoms with E-state index in [1.54, 1.807) is 6.92 Å². The Hall–Kier alpha value is -0.370. The SMILES string of the molecule is CC(=O)C(C)C1OC1C. The highest BCUT2D eigenvalue weighted by Gasteiger charge is 2.40. The Labute approximate surface area is 55.2 Å². The highest BCUT2D eigenvalue weighted by atomic mass is 16.6. The molecular formula is C7H12O2. The van der Waals surface area contributed by atoms with Crippen LogP contribution in [0.4, 0.5) is 0 Å². The first-order chi connectivity index (χ1) is 4.13. The van der Waals surface area contributed by atoms with Crippen LogP contribution in [0, 0.1) is 5.92 Å². The van der Waals surface area contributed by atoms with E-state index in [4.69, 9.17) is 4.74 Å². The number of carbonyl (C=O) groups excluding carboxylic acids is 1. The summed E-state index contributed by atoms with van der Waals surface area (Å²) in [5, 5.41) is 0. The van der Waals surface area contributed by atoms with E-state index in [-0.39, 0.29) is 17.8 Å². The van der Waals surface area contributed by atoms with Crippen LogP contribution in [0.5, 0.6) is 0 Å². The van der Waals surface area contributed by atoms with E-state index in [0.717, 1.165) is 0 Å². The fourth-order valence-corrected chi connectivity index (χ4v) is 0.958. The molecule has 52 valence electrons. The molecule has 1 fully saturated rings. The molecule has 1 rings (SSSR count). The van der Waals surface area contributed by atoms with Gasteiger partial charge in [0.1, 0.15) is 5.78 Å². The van der Waals surface area contributed by atoms with E-state index in [1.165, 1.54) is 0 Å². The molecule has 1 aliphatic rings. The molecule has 2 heteroatoms. The lowest BCUT2D eigenvalue weighted by Gasteiger charge is -1.99. The van der Waals surface area contributed by atoms with Crippen LogP contribution >= 0.6 is 0 Å². The minimum atomic E-state index is 0.0972. The molecule has 2 nitrogen and oxygen atoms in total. The summed E-state index contributed by atoms with van der Waals surface area (Å²) in [6.07, 6.45) is 0.520. The molecule has 0 N–H and O–H groups in total. The van der Waals surface area contributed by atoms with Crippen molar-refractivity contribution in [3.63, 3.8) is 0 Å². The van der Waals surface area contributed by atoms with E-state index in [2.05, 4.69) is 0 Å². The van der Waals surface area contributed by atoms with Crippen molar-refractivity contribution in [1.82, 2.24) is 0 Å². The lowest BCUT2D eigenvalue weighted by molar-refractivity contribution is -0.120. The minimum absolute atomic E-state index is 0.0972. The Bertz CT molecular complexity index is 131. The van der Waals surface area contributed by atoms with Crippen LogP contribution in [0.15, 0.2) is 0 Å². The predicted molar refractivity (Wildman–Crippen MR) is 34.2 cm³/mol. The first-order valence-electron chi connectivity index (χ1n) is 3.29. The second-order valence-electron chi connectivity index (χ2n) is 2.71. The van der Waals surface area contributed by atoms with Crippen molar-refractivity contribution in [3.8, 4) is 0 Å². The summed E-state index contributed by atoms with van der Waals surface area (Å²) in [4.78, 5) is 10.7. The summed E-state index contributed by atoms with van der Waals surface area (Å²) in [5.74, 6) is 0.323. The highest BCUT2D eigenvalue weighted by Crippen LogP contribution is 2.28. The van der Waals surface area contributed by atoms with Crippen molar-refractivity contribution in [3.05, 3.63) is 0 Å². The Kier molecular flexibility index (Phi) is 1.58. The summed E-state index contributed by atoms with van der Waals surface area (Å²) < 4.78 is 5.12. The molecule has 0 amide bonds. The van der Waals surface area contributed by atoms with E-state index in [9.17, 15) is 4.79 Å². The van der Waals surface area contributed by atoms with Crippen molar-refractivity contribution in [2.45, 2.75) is 33.0 Å². The molecule has 0 aromatic rings. The van der Waals surface area contributed by atoms with Gasteiger partial charge in [-0.05, 0) is 13.8 Å². The molecule has 0 saturated carbocycles. The molecule has 9 heavy (non-hydrogen) atoms. The van der Waals surface area contributed by atoms with E-state index in [0.29, 0.717) is 6.10 Å². The van der Waals surface area contributed by atoms with Gasteiger partial charge in [-0.15, -0.1) is 0 Å². The maximum absolute atomic E-state index is 10.7. The van der Waals surface area contributed by atoms with E-state index < -0.39 is 0 Å². The molecule has 0 aliphatic carbocycles. The second kappa shape index (κ2) is 2.10. The normalized spacial score (nSPS) is 35.9. The zero-order chi connectivity index (χ0) is 7.02. The van der Waals surface area contributed by atoms with Gasteiger partial charge in [0, 0.05) is 5.92 Å². The lowest BCUT2D eigenvalue weighted by Crippen LogP contribution is -2.14. The van der Waals surface area contributed by atoms with Gasteiger partial charge in [0.15, 0.2) is 0 Å². The van der Waals surface area contributed by atoms with Crippen LogP contribution in [-0.2, 0) is 9.53 Å².